The Morgan fingerprint density at radius 3 is 2.61 bits per heavy atom. The van der Waals surface area contributed by atoms with Gasteiger partial charge in [0.05, 0.1) is 20.9 Å². The van der Waals surface area contributed by atoms with Gasteiger partial charge in [0.2, 0.25) is 5.91 Å². The van der Waals surface area contributed by atoms with E-state index in [-0.39, 0.29) is 22.9 Å². The second-order valence-electron chi connectivity index (χ2n) is 6.15. The number of sulfone groups is 1. The van der Waals surface area contributed by atoms with E-state index in [9.17, 15) is 17.6 Å². The minimum absolute atomic E-state index is 0.106. The van der Waals surface area contributed by atoms with E-state index in [0.717, 1.165) is 6.42 Å². The first-order valence-corrected chi connectivity index (χ1v) is 11.5. The fourth-order valence-corrected chi connectivity index (χ4v) is 5.19. The van der Waals surface area contributed by atoms with E-state index in [0.29, 0.717) is 26.6 Å². The molecule has 0 aliphatic heterocycles. The molecule has 0 aliphatic rings. The van der Waals surface area contributed by atoms with Gasteiger partial charge in [0, 0.05) is 18.0 Å². The van der Waals surface area contributed by atoms with E-state index in [2.05, 4.69) is 4.99 Å². The van der Waals surface area contributed by atoms with Crippen molar-refractivity contribution in [3.63, 3.8) is 0 Å². The molecule has 0 atom stereocenters. The van der Waals surface area contributed by atoms with Crippen molar-refractivity contribution in [2.45, 2.75) is 31.2 Å². The molecule has 5 nitrogen and oxygen atoms in total. The Bertz CT molecular complexity index is 1180. The SMILES string of the molecule is CCCn1c(=NC(=O)CCS(=O)(=O)c2ccc(Cl)cc2)sc2cccc(F)c21. The quantitative estimate of drug-likeness (QED) is 0.577. The Hall–Kier alpha value is -2.03. The van der Waals surface area contributed by atoms with Gasteiger partial charge in [-0.3, -0.25) is 4.79 Å². The van der Waals surface area contributed by atoms with E-state index in [4.69, 9.17) is 11.6 Å². The summed E-state index contributed by atoms with van der Waals surface area (Å²) in [5.41, 5.74) is 0.412. The molecule has 9 heteroatoms. The number of aryl methyl sites for hydroxylation is 1. The predicted molar refractivity (Wildman–Crippen MR) is 109 cm³/mol. The third kappa shape index (κ3) is 4.51. The van der Waals surface area contributed by atoms with Crippen LogP contribution in [0.1, 0.15) is 19.8 Å². The summed E-state index contributed by atoms with van der Waals surface area (Å²) in [7, 11) is -3.62. The van der Waals surface area contributed by atoms with Crippen molar-refractivity contribution in [2.75, 3.05) is 5.75 Å². The average molecular weight is 441 g/mol. The van der Waals surface area contributed by atoms with Crippen LogP contribution in [-0.2, 0) is 21.2 Å². The van der Waals surface area contributed by atoms with Crippen LogP contribution in [0.5, 0.6) is 0 Å². The number of hydrogen-bond acceptors (Lipinski definition) is 4. The second kappa shape index (κ2) is 8.55. The molecule has 1 heterocycles. The number of aromatic nitrogens is 1. The Labute approximate surface area is 171 Å². The number of halogens is 2. The summed E-state index contributed by atoms with van der Waals surface area (Å²) >= 11 is 6.98. The molecule has 148 valence electrons. The number of rotatable bonds is 6. The maximum absolute atomic E-state index is 14.2. The lowest BCUT2D eigenvalue weighted by Crippen LogP contribution is -2.18. The topological polar surface area (TPSA) is 68.5 Å². The van der Waals surface area contributed by atoms with Crippen LogP contribution in [0.2, 0.25) is 5.02 Å². The lowest BCUT2D eigenvalue weighted by molar-refractivity contribution is -0.117. The monoisotopic (exact) mass is 440 g/mol. The molecule has 0 N–H and O–H groups in total. The number of amides is 1. The molecule has 0 bridgehead atoms. The van der Waals surface area contributed by atoms with Crippen LogP contribution in [0, 0.1) is 5.82 Å². The standard InChI is InChI=1S/C19H18ClFN2O3S2/c1-2-11-23-18-15(21)4-3-5-16(18)27-19(23)22-17(24)10-12-28(25,26)14-8-6-13(20)7-9-14/h3-9H,2,10-12H2,1H3. The molecule has 3 aromatic rings. The van der Waals surface area contributed by atoms with Gasteiger partial charge in [-0.1, -0.05) is 35.9 Å². The molecule has 0 saturated carbocycles. The summed E-state index contributed by atoms with van der Waals surface area (Å²) in [6, 6.07) is 10.5. The van der Waals surface area contributed by atoms with Crippen LogP contribution < -0.4 is 4.80 Å². The molecule has 28 heavy (non-hydrogen) atoms. The highest BCUT2D eigenvalue weighted by Crippen LogP contribution is 2.21. The van der Waals surface area contributed by atoms with E-state index < -0.39 is 15.7 Å². The number of nitrogens with zero attached hydrogens (tertiary/aromatic N) is 2. The van der Waals surface area contributed by atoms with Gasteiger partial charge >= 0.3 is 0 Å². The third-order valence-electron chi connectivity index (χ3n) is 4.08. The molecule has 3 rings (SSSR count). The highest BCUT2D eigenvalue weighted by Gasteiger charge is 2.17. The normalized spacial score (nSPS) is 12.6. The summed E-state index contributed by atoms with van der Waals surface area (Å²) in [5, 5.41) is 0.433. The molecule has 0 saturated heterocycles. The Kier molecular flexibility index (Phi) is 6.32. The van der Waals surface area contributed by atoms with Crippen LogP contribution in [0.4, 0.5) is 4.39 Å². The summed E-state index contributed by atoms with van der Waals surface area (Å²) < 4.78 is 41.3. The summed E-state index contributed by atoms with van der Waals surface area (Å²) in [6.07, 6.45) is 0.486. The van der Waals surface area contributed by atoms with Gasteiger partial charge in [0.25, 0.3) is 0 Å². The summed E-state index contributed by atoms with van der Waals surface area (Å²) in [5.74, 6) is -1.29. The van der Waals surface area contributed by atoms with Crippen LogP contribution in [0.3, 0.4) is 0 Å². The van der Waals surface area contributed by atoms with E-state index in [1.165, 1.54) is 41.7 Å². The van der Waals surface area contributed by atoms with Crippen molar-refractivity contribution in [2.24, 2.45) is 4.99 Å². The summed E-state index contributed by atoms with van der Waals surface area (Å²) in [6.45, 7) is 2.46. The fraction of sp³-hybridized carbons (Fsp3) is 0.263. The van der Waals surface area contributed by atoms with Crippen molar-refractivity contribution in [3.05, 3.63) is 58.1 Å². The first-order valence-electron chi connectivity index (χ1n) is 8.65. The Balaban J connectivity index is 1.86. The zero-order valence-corrected chi connectivity index (χ0v) is 17.5. The lowest BCUT2D eigenvalue weighted by atomic mass is 10.3. The molecular formula is C19H18ClFN2O3S2. The number of benzene rings is 2. The molecular weight excluding hydrogens is 423 g/mol. The van der Waals surface area contributed by atoms with Gasteiger partial charge in [-0.05, 0) is 42.8 Å². The van der Waals surface area contributed by atoms with E-state index in [1.54, 1.807) is 16.7 Å². The van der Waals surface area contributed by atoms with Gasteiger partial charge in [0.1, 0.15) is 5.82 Å². The number of fused-ring (bicyclic) bond motifs is 1. The zero-order chi connectivity index (χ0) is 20.3. The molecule has 0 aliphatic carbocycles. The van der Waals surface area contributed by atoms with Crippen LogP contribution >= 0.6 is 22.9 Å². The van der Waals surface area contributed by atoms with Crippen molar-refractivity contribution in [1.29, 1.82) is 0 Å². The van der Waals surface area contributed by atoms with Gasteiger partial charge < -0.3 is 4.57 Å². The van der Waals surface area contributed by atoms with E-state index in [1.807, 2.05) is 6.92 Å². The van der Waals surface area contributed by atoms with Crippen LogP contribution in [0.25, 0.3) is 10.2 Å². The zero-order valence-electron chi connectivity index (χ0n) is 15.1. The Morgan fingerprint density at radius 1 is 1.21 bits per heavy atom. The van der Waals surface area contributed by atoms with Crippen molar-refractivity contribution < 1.29 is 17.6 Å². The molecule has 2 aromatic carbocycles. The molecule has 1 amide bonds. The summed E-state index contributed by atoms with van der Waals surface area (Å²) in [4.78, 5) is 16.8. The second-order valence-corrected chi connectivity index (χ2v) is 9.71. The molecule has 0 radical (unpaired) electrons. The largest absolute Gasteiger partial charge is 0.314 e. The van der Waals surface area contributed by atoms with Crippen LogP contribution in [-0.4, -0.2) is 24.6 Å². The number of carbonyl (C=O) groups is 1. The number of hydrogen-bond donors (Lipinski definition) is 0. The van der Waals surface area contributed by atoms with Gasteiger partial charge in [-0.2, -0.15) is 4.99 Å². The maximum atomic E-state index is 14.2. The number of carbonyl (C=O) groups excluding carboxylic acids is 1. The number of thiazole rings is 1. The van der Waals surface area contributed by atoms with Gasteiger partial charge in [-0.25, -0.2) is 12.8 Å². The smallest absolute Gasteiger partial charge is 0.249 e. The Morgan fingerprint density at radius 2 is 1.93 bits per heavy atom. The minimum atomic E-state index is -3.62. The minimum Gasteiger partial charge on any atom is -0.314 e. The lowest BCUT2D eigenvalue weighted by Gasteiger charge is -2.04. The van der Waals surface area contributed by atoms with Crippen molar-refractivity contribution in [1.82, 2.24) is 4.57 Å². The first-order chi connectivity index (χ1) is 13.3. The highest BCUT2D eigenvalue weighted by atomic mass is 35.5. The highest BCUT2D eigenvalue weighted by molar-refractivity contribution is 7.91. The average Bonchev–Trinajstić information content (AvgIpc) is 2.99. The third-order valence-corrected chi connectivity index (χ3v) is 7.10. The molecule has 1 aromatic heterocycles. The fourth-order valence-electron chi connectivity index (χ4n) is 2.75. The molecule has 0 spiro atoms. The van der Waals surface area contributed by atoms with Gasteiger partial charge in [0.15, 0.2) is 14.6 Å². The van der Waals surface area contributed by atoms with Gasteiger partial charge in [-0.15, -0.1) is 0 Å². The van der Waals surface area contributed by atoms with Crippen molar-refractivity contribution in [3.8, 4) is 0 Å². The van der Waals surface area contributed by atoms with Crippen LogP contribution in [0.15, 0.2) is 52.4 Å². The first kappa shape index (κ1) is 20.7. The maximum Gasteiger partial charge on any atom is 0.249 e. The van der Waals surface area contributed by atoms with E-state index >= 15 is 0 Å². The van der Waals surface area contributed by atoms with Crippen molar-refractivity contribution >= 4 is 48.9 Å². The predicted octanol–water partition coefficient (Wildman–Crippen LogP) is 4.20. The number of para-hydroxylation sites is 1. The molecule has 0 fully saturated rings. The molecule has 0 unspecified atom stereocenters.